The van der Waals surface area contributed by atoms with Gasteiger partial charge in [0.15, 0.2) is 0 Å². The molecule has 0 radical (unpaired) electrons. The Morgan fingerprint density at radius 3 is 2.59 bits per heavy atom. The van der Waals surface area contributed by atoms with Gasteiger partial charge in [-0.05, 0) is 53.0 Å². The average Bonchev–Trinajstić information content (AvgIpc) is 2.95. The van der Waals surface area contributed by atoms with E-state index in [4.69, 9.17) is 9.47 Å². The average molecular weight is 419 g/mol. The summed E-state index contributed by atoms with van der Waals surface area (Å²) in [6.07, 6.45) is 1.97. The molecule has 0 saturated carbocycles. The molecule has 0 N–H and O–H groups in total. The van der Waals surface area contributed by atoms with Crippen LogP contribution < -0.4 is 11.2 Å². The summed E-state index contributed by atoms with van der Waals surface area (Å²) in [4.78, 5) is 29.0. The maximum absolute atomic E-state index is 13.7. The van der Waals surface area contributed by atoms with Gasteiger partial charge in [-0.25, -0.2) is 4.79 Å². The second-order valence-electron chi connectivity index (χ2n) is 9.66. The number of fused-ring (bicyclic) bond motifs is 3. The highest BCUT2D eigenvalue weighted by molar-refractivity contribution is 7.18. The third-order valence-electron chi connectivity index (χ3n) is 5.85. The molecule has 0 aliphatic carbocycles. The Morgan fingerprint density at radius 2 is 1.93 bits per heavy atom. The van der Waals surface area contributed by atoms with E-state index < -0.39 is 0 Å². The van der Waals surface area contributed by atoms with Gasteiger partial charge >= 0.3 is 5.69 Å². The minimum atomic E-state index is -0.354. The fourth-order valence-electron chi connectivity index (χ4n) is 4.53. The third-order valence-corrected chi connectivity index (χ3v) is 7.08. The van der Waals surface area contributed by atoms with Crippen LogP contribution in [0.4, 0.5) is 0 Å². The van der Waals surface area contributed by atoms with Gasteiger partial charge in [-0.2, -0.15) is 0 Å². The highest BCUT2D eigenvalue weighted by Gasteiger charge is 2.35. The van der Waals surface area contributed by atoms with Crippen molar-refractivity contribution < 1.29 is 9.47 Å². The summed E-state index contributed by atoms with van der Waals surface area (Å²) in [6, 6.07) is -0.164. The Kier molecular flexibility index (Phi) is 4.91. The maximum atomic E-state index is 13.7. The van der Waals surface area contributed by atoms with Crippen LogP contribution in [0.15, 0.2) is 21.7 Å². The van der Waals surface area contributed by atoms with Gasteiger partial charge in [-0.1, -0.05) is 12.2 Å². The fourth-order valence-corrected chi connectivity index (χ4v) is 5.74. The molecule has 1 atom stereocenters. The van der Waals surface area contributed by atoms with E-state index in [0.717, 1.165) is 20.8 Å². The molecule has 0 spiro atoms. The summed E-state index contributed by atoms with van der Waals surface area (Å²) in [5.74, 6) is 0. The molecule has 2 aromatic heterocycles. The molecule has 2 aromatic rings. The minimum absolute atomic E-state index is 0.164. The third kappa shape index (κ3) is 3.64. The van der Waals surface area contributed by atoms with Crippen LogP contribution in [0.2, 0.25) is 0 Å². The second-order valence-corrected chi connectivity index (χ2v) is 10.7. The zero-order valence-corrected chi connectivity index (χ0v) is 18.8. The summed E-state index contributed by atoms with van der Waals surface area (Å²) in [6.45, 7) is 15.5. The number of ether oxygens (including phenoxy) is 2. The molecule has 158 valence electrons. The first kappa shape index (κ1) is 20.6. The predicted molar refractivity (Wildman–Crippen MR) is 116 cm³/mol. The van der Waals surface area contributed by atoms with Crippen LogP contribution in [-0.2, 0) is 29.0 Å². The van der Waals surface area contributed by atoms with Gasteiger partial charge < -0.3 is 9.47 Å². The van der Waals surface area contributed by atoms with Crippen LogP contribution in [0.25, 0.3) is 10.2 Å². The van der Waals surface area contributed by atoms with Gasteiger partial charge in [0.05, 0.1) is 23.2 Å². The van der Waals surface area contributed by atoms with Crippen molar-refractivity contribution in [1.82, 2.24) is 9.13 Å². The standard InChI is InChI=1S/C22H30N2O4S/c1-13(2)11-23-19-17(15-10-22(5,6)28-12-16(15)29-19)18(25)24(20(23)26)14-7-8-27-21(3,4)9-14/h14H,1,7-12H2,2-6H3. The van der Waals surface area contributed by atoms with Crippen LogP contribution in [0.5, 0.6) is 0 Å². The quantitative estimate of drug-likeness (QED) is 0.712. The van der Waals surface area contributed by atoms with Crippen LogP contribution >= 0.6 is 11.3 Å². The van der Waals surface area contributed by atoms with Crippen LogP contribution in [0, 0.1) is 0 Å². The molecular formula is C22H30N2O4S. The number of allylic oxidation sites excluding steroid dienone is 1. The lowest BCUT2D eigenvalue weighted by atomic mass is 9.93. The Labute approximate surface area is 174 Å². The topological polar surface area (TPSA) is 62.5 Å². The van der Waals surface area contributed by atoms with Crippen molar-refractivity contribution >= 4 is 21.6 Å². The van der Waals surface area contributed by atoms with Crippen molar-refractivity contribution in [2.75, 3.05) is 6.61 Å². The highest BCUT2D eigenvalue weighted by atomic mass is 32.1. The normalized spacial score (nSPS) is 23.1. The summed E-state index contributed by atoms with van der Waals surface area (Å²) in [7, 11) is 0. The van der Waals surface area contributed by atoms with Crippen molar-refractivity contribution in [3.05, 3.63) is 43.4 Å². The number of hydrogen-bond donors (Lipinski definition) is 0. The van der Waals surface area contributed by atoms with Gasteiger partial charge in [-0.3, -0.25) is 13.9 Å². The van der Waals surface area contributed by atoms with Crippen molar-refractivity contribution in [3.63, 3.8) is 0 Å². The summed E-state index contributed by atoms with van der Waals surface area (Å²) >= 11 is 1.51. The molecule has 0 aromatic carbocycles. The monoisotopic (exact) mass is 418 g/mol. The van der Waals surface area contributed by atoms with Crippen molar-refractivity contribution in [1.29, 1.82) is 0 Å². The second kappa shape index (κ2) is 6.93. The number of hydrogen-bond acceptors (Lipinski definition) is 5. The molecule has 2 aliphatic rings. The Morgan fingerprint density at radius 1 is 1.21 bits per heavy atom. The number of thiophene rings is 1. The van der Waals surface area contributed by atoms with E-state index in [-0.39, 0.29) is 28.5 Å². The first-order chi connectivity index (χ1) is 13.5. The van der Waals surface area contributed by atoms with Crippen LogP contribution in [-0.4, -0.2) is 26.9 Å². The van der Waals surface area contributed by atoms with Crippen molar-refractivity contribution in [2.45, 2.75) is 84.3 Å². The molecule has 6 nitrogen and oxygen atoms in total. The summed E-state index contributed by atoms with van der Waals surface area (Å²) < 4.78 is 15.0. The fraction of sp³-hybridized carbons (Fsp3) is 0.636. The van der Waals surface area contributed by atoms with Gasteiger partial charge in [0.1, 0.15) is 4.83 Å². The molecule has 1 fully saturated rings. The molecule has 4 heterocycles. The van der Waals surface area contributed by atoms with Gasteiger partial charge in [0.2, 0.25) is 0 Å². The maximum Gasteiger partial charge on any atom is 0.332 e. The predicted octanol–water partition coefficient (Wildman–Crippen LogP) is 3.78. The lowest BCUT2D eigenvalue weighted by Crippen LogP contribution is -2.46. The molecular weight excluding hydrogens is 388 g/mol. The largest absolute Gasteiger partial charge is 0.375 e. The van der Waals surface area contributed by atoms with E-state index >= 15 is 0 Å². The number of aromatic nitrogens is 2. The number of nitrogens with zero attached hydrogens (tertiary/aromatic N) is 2. The first-order valence-electron chi connectivity index (χ1n) is 10.2. The zero-order valence-electron chi connectivity index (χ0n) is 18.0. The molecule has 29 heavy (non-hydrogen) atoms. The number of rotatable bonds is 3. The van der Waals surface area contributed by atoms with Gasteiger partial charge in [0, 0.05) is 30.5 Å². The van der Waals surface area contributed by atoms with Crippen molar-refractivity contribution in [3.8, 4) is 0 Å². The molecule has 1 saturated heterocycles. The lowest BCUT2D eigenvalue weighted by Gasteiger charge is -2.36. The Hall–Kier alpha value is -1.70. The molecule has 0 bridgehead atoms. The van der Waals surface area contributed by atoms with E-state index in [1.165, 1.54) is 15.9 Å². The summed E-state index contributed by atoms with van der Waals surface area (Å²) in [5, 5.41) is 0.687. The van der Waals surface area contributed by atoms with E-state index in [2.05, 4.69) is 6.58 Å². The lowest BCUT2D eigenvalue weighted by molar-refractivity contribution is -0.0702. The Balaban J connectivity index is 2.00. The first-order valence-corrected chi connectivity index (χ1v) is 11.0. The van der Waals surface area contributed by atoms with E-state index in [1.54, 1.807) is 4.57 Å². The summed E-state index contributed by atoms with van der Waals surface area (Å²) in [5.41, 5.74) is 0.838. The SMILES string of the molecule is C=C(C)Cn1c(=O)n(C2CCOC(C)(C)C2)c(=O)c2c3c(sc21)COC(C)(C)C3. The smallest absolute Gasteiger partial charge is 0.332 e. The highest BCUT2D eigenvalue weighted by Crippen LogP contribution is 2.38. The van der Waals surface area contributed by atoms with E-state index in [0.29, 0.717) is 44.4 Å². The van der Waals surface area contributed by atoms with Crippen molar-refractivity contribution in [2.24, 2.45) is 0 Å². The Bertz CT molecular complexity index is 1100. The molecule has 0 amide bonds. The van der Waals surface area contributed by atoms with Crippen LogP contribution in [0.3, 0.4) is 0 Å². The molecule has 7 heteroatoms. The van der Waals surface area contributed by atoms with Gasteiger partial charge in [-0.15, -0.1) is 11.3 Å². The van der Waals surface area contributed by atoms with Crippen LogP contribution in [0.1, 0.15) is 63.9 Å². The molecule has 1 unspecified atom stereocenters. The minimum Gasteiger partial charge on any atom is -0.375 e. The van der Waals surface area contributed by atoms with E-state index in [1.807, 2.05) is 34.6 Å². The molecule has 2 aliphatic heterocycles. The molecule has 4 rings (SSSR count). The van der Waals surface area contributed by atoms with Gasteiger partial charge in [0.25, 0.3) is 5.56 Å². The zero-order chi connectivity index (χ0) is 21.1. The van der Waals surface area contributed by atoms with E-state index in [9.17, 15) is 9.59 Å².